The summed E-state index contributed by atoms with van der Waals surface area (Å²) < 4.78 is 14.1. The Bertz CT molecular complexity index is 447. The van der Waals surface area contributed by atoms with E-state index in [0.29, 0.717) is 5.82 Å². The van der Waals surface area contributed by atoms with Gasteiger partial charge in [0.05, 0.1) is 12.4 Å². The van der Waals surface area contributed by atoms with Gasteiger partial charge in [0.2, 0.25) is 0 Å². The van der Waals surface area contributed by atoms with Crippen LogP contribution < -0.4 is 5.73 Å². The van der Waals surface area contributed by atoms with Crippen molar-refractivity contribution in [3.8, 4) is 5.82 Å². The highest BCUT2D eigenvalue weighted by Gasteiger charge is 2.03. The third-order valence-corrected chi connectivity index (χ3v) is 2.08. The number of pyridine rings is 1. The molecule has 0 unspecified atom stereocenters. The van der Waals surface area contributed by atoms with Crippen LogP contribution in [-0.4, -0.2) is 14.8 Å². The van der Waals surface area contributed by atoms with E-state index in [1.54, 1.807) is 12.3 Å². The molecule has 0 aliphatic heterocycles. The summed E-state index contributed by atoms with van der Waals surface area (Å²) in [5, 5.41) is 3.81. The molecule has 0 fully saturated rings. The first kappa shape index (κ1) is 9.79. The van der Waals surface area contributed by atoms with Crippen LogP contribution in [0.15, 0.2) is 30.7 Å². The third-order valence-electron chi connectivity index (χ3n) is 2.08. The Labute approximate surface area is 86.6 Å². The number of rotatable bonds is 2. The summed E-state index contributed by atoms with van der Waals surface area (Å²) in [6, 6.07) is 3.55. The molecule has 2 aromatic rings. The molecule has 2 rings (SSSR count). The molecule has 4 nitrogen and oxygen atoms in total. The first-order valence-electron chi connectivity index (χ1n) is 4.59. The lowest BCUT2D eigenvalue weighted by atomic mass is 10.2. The summed E-state index contributed by atoms with van der Waals surface area (Å²) >= 11 is 0. The van der Waals surface area contributed by atoms with Gasteiger partial charge >= 0.3 is 0 Å². The topological polar surface area (TPSA) is 56.7 Å². The quantitative estimate of drug-likeness (QED) is 0.808. The van der Waals surface area contributed by atoms with Gasteiger partial charge in [-0.2, -0.15) is 5.10 Å². The number of hydrogen-bond donors (Lipinski definition) is 1. The fraction of sp³-hybridized carbons (Fsp3) is 0.200. The van der Waals surface area contributed by atoms with E-state index < -0.39 is 0 Å². The standard InChI is InChI=1S/C10H11FN4/c1-7(12)8-2-3-10(13-4-8)15-6-9(11)5-14-15/h2-7H,12H2,1H3/t7-/m1/s1. The highest BCUT2D eigenvalue weighted by molar-refractivity contribution is 5.25. The van der Waals surface area contributed by atoms with Crippen molar-refractivity contribution in [2.75, 3.05) is 0 Å². The lowest BCUT2D eigenvalue weighted by Crippen LogP contribution is -2.06. The summed E-state index contributed by atoms with van der Waals surface area (Å²) in [5.74, 6) is 0.191. The molecule has 0 aliphatic rings. The molecule has 0 saturated heterocycles. The lowest BCUT2D eigenvalue weighted by Gasteiger charge is -2.05. The molecule has 0 bridgehead atoms. The van der Waals surface area contributed by atoms with E-state index in [9.17, 15) is 4.39 Å². The van der Waals surface area contributed by atoms with E-state index in [-0.39, 0.29) is 11.9 Å². The molecule has 15 heavy (non-hydrogen) atoms. The lowest BCUT2D eigenvalue weighted by molar-refractivity contribution is 0.627. The number of aromatic nitrogens is 3. The maximum atomic E-state index is 12.7. The van der Waals surface area contributed by atoms with Gasteiger partial charge in [-0.15, -0.1) is 0 Å². The van der Waals surface area contributed by atoms with E-state index in [4.69, 9.17) is 5.73 Å². The Hall–Kier alpha value is -1.75. The van der Waals surface area contributed by atoms with E-state index in [1.165, 1.54) is 10.9 Å². The molecule has 2 aromatic heterocycles. The zero-order valence-corrected chi connectivity index (χ0v) is 8.26. The maximum absolute atomic E-state index is 12.7. The number of halogens is 1. The van der Waals surface area contributed by atoms with Crippen LogP contribution >= 0.6 is 0 Å². The maximum Gasteiger partial charge on any atom is 0.161 e. The van der Waals surface area contributed by atoms with Crippen LogP contribution in [-0.2, 0) is 0 Å². The summed E-state index contributed by atoms with van der Waals surface area (Å²) in [5.41, 5.74) is 6.62. The Morgan fingerprint density at radius 1 is 1.40 bits per heavy atom. The van der Waals surface area contributed by atoms with Crippen LogP contribution in [0.3, 0.4) is 0 Å². The van der Waals surface area contributed by atoms with Gasteiger partial charge in [-0.1, -0.05) is 6.07 Å². The Kier molecular flexibility index (Phi) is 2.47. The fourth-order valence-corrected chi connectivity index (χ4v) is 1.23. The van der Waals surface area contributed by atoms with Crippen molar-refractivity contribution in [3.63, 3.8) is 0 Å². The van der Waals surface area contributed by atoms with Crippen molar-refractivity contribution in [2.45, 2.75) is 13.0 Å². The van der Waals surface area contributed by atoms with Gasteiger partial charge in [0, 0.05) is 12.2 Å². The van der Waals surface area contributed by atoms with Gasteiger partial charge in [-0.05, 0) is 18.6 Å². The summed E-state index contributed by atoms with van der Waals surface area (Å²) in [7, 11) is 0. The van der Waals surface area contributed by atoms with Crippen molar-refractivity contribution in [1.29, 1.82) is 0 Å². The largest absolute Gasteiger partial charge is 0.324 e. The smallest absolute Gasteiger partial charge is 0.161 e. The van der Waals surface area contributed by atoms with Crippen LogP contribution in [0, 0.1) is 5.82 Å². The molecule has 1 atom stereocenters. The zero-order chi connectivity index (χ0) is 10.8. The van der Waals surface area contributed by atoms with E-state index in [2.05, 4.69) is 10.1 Å². The molecule has 0 radical (unpaired) electrons. The molecule has 5 heteroatoms. The number of hydrogen-bond acceptors (Lipinski definition) is 3. The Morgan fingerprint density at radius 2 is 2.20 bits per heavy atom. The average molecular weight is 206 g/mol. The van der Waals surface area contributed by atoms with Gasteiger partial charge in [0.25, 0.3) is 0 Å². The Morgan fingerprint density at radius 3 is 2.67 bits per heavy atom. The van der Waals surface area contributed by atoms with Gasteiger partial charge < -0.3 is 5.73 Å². The van der Waals surface area contributed by atoms with E-state index >= 15 is 0 Å². The summed E-state index contributed by atoms with van der Waals surface area (Å²) in [4.78, 5) is 4.14. The van der Waals surface area contributed by atoms with Crippen LogP contribution in [0.5, 0.6) is 0 Å². The van der Waals surface area contributed by atoms with Crippen molar-refractivity contribution in [2.24, 2.45) is 5.73 Å². The minimum absolute atomic E-state index is 0.0547. The highest BCUT2D eigenvalue weighted by Crippen LogP contribution is 2.10. The van der Waals surface area contributed by atoms with Gasteiger partial charge in [0.1, 0.15) is 0 Å². The van der Waals surface area contributed by atoms with E-state index in [0.717, 1.165) is 11.8 Å². The Balaban J connectivity index is 2.31. The molecule has 78 valence electrons. The number of nitrogens with zero attached hydrogens (tertiary/aromatic N) is 3. The number of nitrogens with two attached hydrogens (primary N) is 1. The summed E-state index contributed by atoms with van der Waals surface area (Å²) in [6.45, 7) is 1.88. The van der Waals surface area contributed by atoms with Crippen molar-refractivity contribution in [3.05, 3.63) is 42.1 Å². The minimum Gasteiger partial charge on any atom is -0.324 e. The predicted octanol–water partition coefficient (Wildman–Crippen LogP) is 1.43. The molecular formula is C10H11FN4. The van der Waals surface area contributed by atoms with E-state index in [1.807, 2.05) is 13.0 Å². The van der Waals surface area contributed by atoms with Gasteiger partial charge in [-0.25, -0.2) is 14.1 Å². The second-order valence-corrected chi connectivity index (χ2v) is 3.34. The molecule has 2 N–H and O–H groups in total. The molecular weight excluding hydrogens is 195 g/mol. The molecule has 0 aromatic carbocycles. The van der Waals surface area contributed by atoms with Gasteiger partial charge in [-0.3, -0.25) is 0 Å². The summed E-state index contributed by atoms with van der Waals surface area (Å²) in [6.07, 6.45) is 4.08. The normalized spacial score (nSPS) is 12.7. The van der Waals surface area contributed by atoms with Crippen LogP contribution in [0.25, 0.3) is 5.82 Å². The van der Waals surface area contributed by atoms with Crippen LogP contribution in [0.1, 0.15) is 18.5 Å². The second kappa shape index (κ2) is 3.78. The third kappa shape index (κ3) is 2.02. The van der Waals surface area contributed by atoms with Crippen molar-refractivity contribution in [1.82, 2.24) is 14.8 Å². The van der Waals surface area contributed by atoms with Crippen molar-refractivity contribution < 1.29 is 4.39 Å². The highest BCUT2D eigenvalue weighted by atomic mass is 19.1. The molecule has 2 heterocycles. The average Bonchev–Trinajstić information content (AvgIpc) is 2.65. The second-order valence-electron chi connectivity index (χ2n) is 3.34. The van der Waals surface area contributed by atoms with Crippen molar-refractivity contribution >= 4 is 0 Å². The predicted molar refractivity (Wildman–Crippen MR) is 53.9 cm³/mol. The fourth-order valence-electron chi connectivity index (χ4n) is 1.23. The minimum atomic E-state index is -0.381. The van der Waals surface area contributed by atoms with Crippen LogP contribution in [0.2, 0.25) is 0 Å². The zero-order valence-electron chi connectivity index (χ0n) is 8.26. The van der Waals surface area contributed by atoms with Gasteiger partial charge in [0.15, 0.2) is 11.6 Å². The SMILES string of the molecule is C[C@@H](N)c1ccc(-n2cc(F)cn2)nc1. The first-order valence-corrected chi connectivity index (χ1v) is 4.59. The molecule has 0 saturated carbocycles. The first-order chi connectivity index (χ1) is 7.16. The van der Waals surface area contributed by atoms with Crippen LogP contribution in [0.4, 0.5) is 4.39 Å². The molecule has 0 amide bonds. The molecule has 0 spiro atoms. The molecule has 0 aliphatic carbocycles. The monoisotopic (exact) mass is 206 g/mol.